The van der Waals surface area contributed by atoms with E-state index >= 15 is 0 Å². The van der Waals surface area contributed by atoms with E-state index < -0.39 is 60.6 Å². The summed E-state index contributed by atoms with van der Waals surface area (Å²) in [7, 11) is 0. The minimum atomic E-state index is -4.65. The van der Waals surface area contributed by atoms with E-state index in [1.807, 2.05) is 12.1 Å². The number of aliphatic carboxylic acids is 1. The molecule has 3 aromatic carbocycles. The highest BCUT2D eigenvalue weighted by Gasteiger charge is 2.45. The number of halogens is 4. The summed E-state index contributed by atoms with van der Waals surface area (Å²) in [5, 5.41) is 23.0. The molecule has 2 heterocycles. The molecular formula is C35H29ClF3N9O7. The van der Waals surface area contributed by atoms with E-state index in [0.29, 0.717) is 35.0 Å². The molecule has 1 atom stereocenters. The van der Waals surface area contributed by atoms with Crippen LogP contribution in [0.4, 0.5) is 36.4 Å². The largest absolute Gasteiger partial charge is 0.480 e. The SMILES string of the molecule is O=C(NC[C@H](NC(=O)c1ccc(Nc2nc(NC3(c4ccc(Cl)cc4)CC3)nc(OCC(F)(F)F)n2)cc1)C(=O)O)C(=O)Nc1ccc(-c2ncco2)cc1. The van der Waals surface area contributed by atoms with Crippen molar-refractivity contribution < 1.29 is 46.6 Å². The number of benzene rings is 3. The van der Waals surface area contributed by atoms with Crippen LogP contribution < -0.4 is 31.3 Å². The number of aromatic nitrogens is 4. The van der Waals surface area contributed by atoms with Crippen molar-refractivity contribution in [1.82, 2.24) is 30.6 Å². The number of carboxylic acids is 1. The number of anilines is 4. The van der Waals surface area contributed by atoms with E-state index in [0.717, 1.165) is 5.56 Å². The number of rotatable bonds is 14. The predicted octanol–water partition coefficient (Wildman–Crippen LogP) is 4.90. The molecule has 3 amide bonds. The summed E-state index contributed by atoms with van der Waals surface area (Å²) >= 11 is 6.02. The first-order valence-electron chi connectivity index (χ1n) is 16.2. The van der Waals surface area contributed by atoms with Crippen LogP contribution in [0, 0.1) is 0 Å². The highest BCUT2D eigenvalue weighted by molar-refractivity contribution is 6.39. The van der Waals surface area contributed by atoms with Crippen molar-refractivity contribution in [2.45, 2.75) is 30.6 Å². The molecule has 55 heavy (non-hydrogen) atoms. The van der Waals surface area contributed by atoms with Crippen LogP contribution in [0.15, 0.2) is 89.7 Å². The first-order valence-corrected chi connectivity index (χ1v) is 16.6. The molecule has 0 aliphatic heterocycles. The Kier molecular flexibility index (Phi) is 11.1. The van der Waals surface area contributed by atoms with Crippen LogP contribution in [0.1, 0.15) is 28.8 Å². The summed E-state index contributed by atoms with van der Waals surface area (Å²) in [5.41, 5.74) is 1.52. The van der Waals surface area contributed by atoms with Crippen LogP contribution in [0.2, 0.25) is 5.02 Å². The van der Waals surface area contributed by atoms with E-state index in [1.165, 1.54) is 48.9 Å². The zero-order chi connectivity index (χ0) is 39.2. The van der Waals surface area contributed by atoms with E-state index in [9.17, 15) is 37.5 Å². The summed E-state index contributed by atoms with van der Waals surface area (Å²) in [5.74, 6) is -4.40. The van der Waals surface area contributed by atoms with Crippen LogP contribution in [-0.4, -0.2) is 74.1 Å². The zero-order valence-corrected chi connectivity index (χ0v) is 28.9. The predicted molar refractivity (Wildman–Crippen MR) is 190 cm³/mol. The van der Waals surface area contributed by atoms with Crippen molar-refractivity contribution in [1.29, 1.82) is 0 Å². The standard InChI is InChI=1S/C35H29ClF3N9O7/c36-22-7-5-21(6-8-22)34(13-14-34)48-32-45-31(46-33(47-32)55-18-35(37,38)39)43-24-9-1-19(2-10-24)26(49)44-25(30(52)53)17-41-27(50)28(51)42-23-11-3-20(4-12-23)29-40-15-16-54-29/h1-12,15-16,25H,13-14,17-18H2,(H,41,50)(H,42,51)(H,44,49)(H,52,53)(H2,43,45,46,47,48)/t25-/m0/s1. The summed E-state index contributed by atoms with van der Waals surface area (Å²) in [6.45, 7) is -2.26. The van der Waals surface area contributed by atoms with Crippen molar-refractivity contribution in [3.8, 4) is 17.5 Å². The molecule has 6 N–H and O–H groups in total. The second kappa shape index (κ2) is 16.1. The van der Waals surface area contributed by atoms with Gasteiger partial charge in [0.25, 0.3) is 5.91 Å². The van der Waals surface area contributed by atoms with Crippen LogP contribution >= 0.6 is 11.6 Å². The lowest BCUT2D eigenvalue weighted by Gasteiger charge is -2.19. The Morgan fingerprint density at radius 2 is 1.56 bits per heavy atom. The molecule has 1 saturated carbocycles. The van der Waals surface area contributed by atoms with E-state index in [4.69, 9.17) is 20.8 Å². The molecule has 0 bridgehead atoms. The van der Waals surface area contributed by atoms with Crippen LogP contribution in [0.5, 0.6) is 6.01 Å². The smallest absolute Gasteiger partial charge is 0.422 e. The molecule has 6 rings (SSSR count). The molecule has 0 unspecified atom stereocenters. The fraction of sp³-hybridized carbons (Fsp3) is 0.200. The molecule has 16 nitrogen and oxygen atoms in total. The Morgan fingerprint density at radius 1 is 0.891 bits per heavy atom. The topological polar surface area (TPSA) is 223 Å². The lowest BCUT2D eigenvalue weighted by Crippen LogP contribution is -2.50. The maximum Gasteiger partial charge on any atom is 0.422 e. The molecule has 0 radical (unpaired) electrons. The number of amides is 3. The second-order valence-corrected chi connectivity index (χ2v) is 12.5. The van der Waals surface area contributed by atoms with Gasteiger partial charge in [0.2, 0.25) is 17.8 Å². The molecule has 1 fully saturated rings. The third-order valence-corrected chi connectivity index (χ3v) is 8.23. The number of ether oxygens (including phenoxy) is 1. The van der Waals surface area contributed by atoms with Gasteiger partial charge in [-0.3, -0.25) is 14.4 Å². The Hall–Kier alpha value is -6.76. The minimum Gasteiger partial charge on any atom is -0.480 e. The van der Waals surface area contributed by atoms with Gasteiger partial charge in [-0.1, -0.05) is 23.7 Å². The Labute approximate surface area is 313 Å². The molecule has 1 aliphatic rings. The summed E-state index contributed by atoms with van der Waals surface area (Å²) < 4.78 is 48.8. The zero-order valence-electron chi connectivity index (χ0n) is 28.2. The molecule has 1 aliphatic carbocycles. The number of alkyl halides is 3. The maximum atomic E-state index is 12.9. The molecule has 2 aromatic heterocycles. The highest BCUT2D eigenvalue weighted by atomic mass is 35.5. The first-order chi connectivity index (χ1) is 26.2. The van der Waals surface area contributed by atoms with Gasteiger partial charge < -0.3 is 40.8 Å². The Bertz CT molecular complexity index is 2170. The van der Waals surface area contributed by atoms with Gasteiger partial charge in [-0.15, -0.1) is 0 Å². The quantitative estimate of drug-likeness (QED) is 0.0827. The molecule has 0 spiro atoms. The average molecular weight is 780 g/mol. The summed E-state index contributed by atoms with van der Waals surface area (Å²) in [6, 6.07) is 16.6. The molecule has 20 heteroatoms. The van der Waals surface area contributed by atoms with Crippen molar-refractivity contribution in [3.05, 3.63) is 101 Å². The fourth-order valence-electron chi connectivity index (χ4n) is 5.07. The lowest BCUT2D eigenvalue weighted by atomic mass is 10.1. The second-order valence-electron chi connectivity index (χ2n) is 12.0. The van der Waals surface area contributed by atoms with E-state index in [1.54, 1.807) is 24.3 Å². The van der Waals surface area contributed by atoms with Crippen molar-refractivity contribution in [3.63, 3.8) is 0 Å². The number of oxazole rings is 1. The number of carbonyl (C=O) groups is 4. The Balaban J connectivity index is 1.06. The van der Waals surface area contributed by atoms with Gasteiger partial charge in [-0.05, 0) is 79.1 Å². The Morgan fingerprint density at radius 3 is 2.18 bits per heavy atom. The number of hydrogen-bond donors (Lipinski definition) is 6. The van der Waals surface area contributed by atoms with Crippen molar-refractivity contribution >= 4 is 58.6 Å². The molecule has 284 valence electrons. The third-order valence-electron chi connectivity index (χ3n) is 7.98. The van der Waals surface area contributed by atoms with E-state index in [2.05, 4.69) is 46.5 Å². The van der Waals surface area contributed by atoms with Crippen molar-refractivity contribution in [2.75, 3.05) is 29.1 Å². The van der Waals surface area contributed by atoms with Crippen molar-refractivity contribution in [2.24, 2.45) is 0 Å². The lowest BCUT2D eigenvalue weighted by molar-refractivity contribution is -0.154. The normalized spacial score (nSPS) is 13.5. The van der Waals surface area contributed by atoms with Crippen LogP contribution in [0.25, 0.3) is 11.5 Å². The van der Waals surface area contributed by atoms with E-state index in [-0.39, 0.29) is 23.1 Å². The average Bonchev–Trinajstić information content (AvgIpc) is 3.71. The van der Waals surface area contributed by atoms with Gasteiger partial charge >= 0.3 is 30.0 Å². The number of carboxylic acid groups (broad SMARTS) is 1. The number of nitrogens with zero attached hydrogens (tertiary/aromatic N) is 4. The molecule has 5 aromatic rings. The number of hydrogen-bond acceptors (Lipinski definition) is 12. The third kappa shape index (κ3) is 10.2. The van der Waals surface area contributed by atoms with Gasteiger partial charge in [-0.25, -0.2) is 9.78 Å². The summed E-state index contributed by atoms with van der Waals surface area (Å²) in [4.78, 5) is 65.9. The minimum absolute atomic E-state index is 0.0138. The van der Waals surface area contributed by atoms with Gasteiger partial charge in [0.1, 0.15) is 12.3 Å². The van der Waals surface area contributed by atoms with Crippen LogP contribution in [-0.2, 0) is 19.9 Å². The van der Waals surface area contributed by atoms with Gasteiger partial charge in [0.15, 0.2) is 6.61 Å². The van der Waals surface area contributed by atoms with Gasteiger partial charge in [-0.2, -0.15) is 28.1 Å². The van der Waals surface area contributed by atoms with Gasteiger partial charge in [0.05, 0.1) is 11.7 Å². The highest BCUT2D eigenvalue weighted by Crippen LogP contribution is 2.48. The monoisotopic (exact) mass is 779 g/mol. The van der Waals surface area contributed by atoms with Gasteiger partial charge in [0, 0.05) is 34.1 Å². The number of carbonyl (C=O) groups excluding carboxylic acids is 3. The first kappa shape index (κ1) is 38.0. The summed E-state index contributed by atoms with van der Waals surface area (Å²) in [6.07, 6.45) is -0.394. The molecule has 0 saturated heterocycles. The number of nitrogens with one attached hydrogen (secondary N) is 5. The van der Waals surface area contributed by atoms with Crippen LogP contribution in [0.3, 0.4) is 0 Å². The fourth-order valence-corrected chi connectivity index (χ4v) is 5.20. The maximum absolute atomic E-state index is 12.9. The molecular weight excluding hydrogens is 751 g/mol.